The highest BCUT2D eigenvalue weighted by atomic mass is 16.5. The lowest BCUT2D eigenvalue weighted by atomic mass is 9.75. The first-order valence-corrected chi connectivity index (χ1v) is 10.8. The molecule has 3 rings (SSSR count). The maximum Gasteiger partial charge on any atom is 0.475 e. The summed E-state index contributed by atoms with van der Waals surface area (Å²) in [5.74, 6) is -2.65. The molecule has 2 unspecified atom stereocenters. The fourth-order valence-electron chi connectivity index (χ4n) is 3.74. The molecule has 1 aromatic heterocycles. The molecule has 0 saturated carbocycles. The molecule has 2 atom stereocenters. The van der Waals surface area contributed by atoms with Crippen LogP contribution in [-0.2, 0) is 22.6 Å². The number of carbonyl (C=O) groups excluding carboxylic acids is 2. The second-order valence-corrected chi connectivity index (χ2v) is 8.28. The van der Waals surface area contributed by atoms with Crippen LogP contribution in [0.4, 0.5) is 0 Å². The Bertz CT molecular complexity index is 1100. The number of para-hydroxylation sites is 1. The largest absolute Gasteiger partial charge is 0.497 e. The van der Waals surface area contributed by atoms with Gasteiger partial charge in [-0.15, -0.1) is 0 Å². The molecule has 0 radical (unpaired) electrons. The van der Waals surface area contributed by atoms with Gasteiger partial charge in [-0.2, -0.15) is 0 Å². The number of nitrogens with one attached hydrogen (secondary N) is 2. The van der Waals surface area contributed by atoms with Crippen molar-refractivity contribution >= 4 is 29.9 Å². The van der Waals surface area contributed by atoms with Crippen LogP contribution in [0.1, 0.15) is 25.0 Å². The number of amides is 2. The Hall–Kier alpha value is -3.30. The second kappa shape index (κ2) is 11.0. The molecule has 8 nitrogen and oxygen atoms in total. The fourth-order valence-corrected chi connectivity index (χ4v) is 3.74. The van der Waals surface area contributed by atoms with E-state index in [1.807, 2.05) is 36.4 Å². The molecule has 0 aliphatic carbocycles. The van der Waals surface area contributed by atoms with Gasteiger partial charge >= 0.3 is 7.12 Å². The summed E-state index contributed by atoms with van der Waals surface area (Å²) < 4.78 is 10.7. The number of hydrogen-bond acceptors (Lipinski definition) is 6. The third kappa shape index (κ3) is 6.15. The summed E-state index contributed by atoms with van der Waals surface area (Å²) in [7, 11) is -0.245. The van der Waals surface area contributed by atoms with Gasteiger partial charge in [-0.25, -0.2) is 0 Å². The zero-order valence-corrected chi connectivity index (χ0v) is 18.9. The molecule has 174 valence electrons. The highest BCUT2D eigenvalue weighted by Crippen LogP contribution is 2.22. The van der Waals surface area contributed by atoms with Crippen LogP contribution in [0, 0.1) is 11.8 Å². The average Bonchev–Trinajstić information content (AvgIpc) is 3.20. The Morgan fingerprint density at radius 3 is 2.55 bits per heavy atom. The molecule has 3 aromatic rings. The summed E-state index contributed by atoms with van der Waals surface area (Å²) in [6, 6.07) is 14.6. The van der Waals surface area contributed by atoms with Gasteiger partial charge in [-0.05, 0) is 41.7 Å². The van der Waals surface area contributed by atoms with Crippen molar-refractivity contribution in [2.75, 3.05) is 7.11 Å². The predicted octanol–water partition coefficient (Wildman–Crippen LogP) is 2.07. The third-order valence-corrected chi connectivity index (χ3v) is 5.52. The van der Waals surface area contributed by atoms with E-state index >= 15 is 0 Å². The van der Waals surface area contributed by atoms with Crippen LogP contribution < -0.4 is 15.4 Å². The predicted molar refractivity (Wildman–Crippen MR) is 125 cm³/mol. The van der Waals surface area contributed by atoms with Crippen LogP contribution >= 0.6 is 0 Å². The lowest BCUT2D eigenvalue weighted by Gasteiger charge is -2.24. The van der Waals surface area contributed by atoms with Crippen molar-refractivity contribution in [1.82, 2.24) is 10.6 Å². The quantitative estimate of drug-likeness (QED) is 0.276. The molecular formula is C24H29BN2O6. The van der Waals surface area contributed by atoms with Gasteiger partial charge in [0.25, 0.3) is 0 Å². The highest BCUT2D eigenvalue weighted by molar-refractivity contribution is 6.43. The number of carbonyl (C=O) groups is 2. The van der Waals surface area contributed by atoms with Crippen LogP contribution in [0.3, 0.4) is 0 Å². The molecule has 1 heterocycles. The topological polar surface area (TPSA) is 121 Å². The summed E-state index contributed by atoms with van der Waals surface area (Å²) in [5.41, 5.74) is 2.23. The summed E-state index contributed by atoms with van der Waals surface area (Å²) in [4.78, 5) is 25.9. The van der Waals surface area contributed by atoms with Crippen molar-refractivity contribution in [2.24, 2.45) is 11.8 Å². The van der Waals surface area contributed by atoms with Crippen LogP contribution in [0.5, 0.6) is 5.75 Å². The number of methoxy groups -OCH3 is 1. The highest BCUT2D eigenvalue weighted by Gasteiger charge is 2.34. The third-order valence-electron chi connectivity index (χ3n) is 5.52. The smallest absolute Gasteiger partial charge is 0.475 e. The zero-order chi connectivity index (χ0) is 24.0. The Labute approximate surface area is 193 Å². The van der Waals surface area contributed by atoms with Crippen molar-refractivity contribution in [1.29, 1.82) is 0 Å². The van der Waals surface area contributed by atoms with Crippen LogP contribution in [-0.4, -0.2) is 42.0 Å². The Morgan fingerprint density at radius 1 is 1.09 bits per heavy atom. The first kappa shape index (κ1) is 24.3. The lowest BCUT2D eigenvalue weighted by Crippen LogP contribution is -2.53. The molecular weight excluding hydrogens is 423 g/mol. The van der Waals surface area contributed by atoms with E-state index in [0.717, 1.165) is 16.5 Å². The van der Waals surface area contributed by atoms with Gasteiger partial charge in [-0.1, -0.05) is 44.2 Å². The first-order chi connectivity index (χ1) is 15.8. The molecule has 0 saturated heterocycles. The van der Waals surface area contributed by atoms with Gasteiger partial charge in [0, 0.05) is 11.9 Å². The average molecular weight is 452 g/mol. The Kier molecular flexibility index (Phi) is 8.13. The Balaban J connectivity index is 1.68. The Morgan fingerprint density at radius 2 is 1.85 bits per heavy atom. The minimum absolute atomic E-state index is 0.136. The van der Waals surface area contributed by atoms with Crippen LogP contribution in [0.2, 0.25) is 0 Å². The zero-order valence-electron chi connectivity index (χ0n) is 18.9. The minimum Gasteiger partial charge on any atom is -0.497 e. The van der Waals surface area contributed by atoms with Gasteiger partial charge in [0.05, 0.1) is 19.3 Å². The molecule has 4 N–H and O–H groups in total. The molecule has 0 aliphatic rings. The first-order valence-electron chi connectivity index (χ1n) is 10.8. The molecule has 0 fully saturated rings. The summed E-state index contributed by atoms with van der Waals surface area (Å²) in [6.07, 6.45) is 1.67. The maximum atomic E-state index is 13.0. The summed E-state index contributed by atoms with van der Waals surface area (Å²) in [6.45, 7) is 3.77. The molecule has 9 heteroatoms. The maximum absolute atomic E-state index is 13.0. The number of furan rings is 1. The van der Waals surface area contributed by atoms with E-state index in [2.05, 4.69) is 10.6 Å². The van der Waals surface area contributed by atoms with E-state index < -0.39 is 30.8 Å². The number of ether oxygens (including phenoxy) is 1. The molecule has 2 amide bonds. The van der Waals surface area contributed by atoms with E-state index in [4.69, 9.17) is 9.15 Å². The summed E-state index contributed by atoms with van der Waals surface area (Å²) in [5, 5.41) is 26.0. The van der Waals surface area contributed by atoms with E-state index in [9.17, 15) is 19.6 Å². The number of rotatable bonds is 10. The fraction of sp³-hybridized carbons (Fsp3) is 0.333. The van der Waals surface area contributed by atoms with Crippen molar-refractivity contribution in [3.63, 3.8) is 0 Å². The molecule has 0 aliphatic heterocycles. The number of fused-ring (bicyclic) bond motifs is 1. The van der Waals surface area contributed by atoms with Crippen molar-refractivity contribution < 1.29 is 28.8 Å². The van der Waals surface area contributed by atoms with Gasteiger partial charge in [0.1, 0.15) is 17.3 Å². The van der Waals surface area contributed by atoms with Crippen molar-refractivity contribution in [3.8, 4) is 5.75 Å². The van der Waals surface area contributed by atoms with E-state index in [1.165, 1.54) is 6.26 Å². The van der Waals surface area contributed by atoms with Crippen LogP contribution in [0.25, 0.3) is 11.0 Å². The second-order valence-electron chi connectivity index (χ2n) is 8.28. The molecule has 0 spiro atoms. The van der Waals surface area contributed by atoms with Gasteiger partial charge < -0.3 is 29.8 Å². The normalized spacial score (nSPS) is 12.9. The number of hydrogen-bond donors (Lipinski definition) is 4. The molecule has 33 heavy (non-hydrogen) atoms. The van der Waals surface area contributed by atoms with E-state index in [0.29, 0.717) is 11.3 Å². The molecule has 2 aromatic carbocycles. The van der Waals surface area contributed by atoms with Crippen molar-refractivity contribution in [3.05, 3.63) is 65.9 Å². The van der Waals surface area contributed by atoms with Gasteiger partial charge in [0.15, 0.2) is 0 Å². The van der Waals surface area contributed by atoms with Gasteiger partial charge in [-0.3, -0.25) is 9.59 Å². The van der Waals surface area contributed by atoms with E-state index in [1.54, 1.807) is 33.1 Å². The van der Waals surface area contributed by atoms with Crippen molar-refractivity contribution in [2.45, 2.75) is 32.8 Å². The molecule has 0 bridgehead atoms. The summed E-state index contributed by atoms with van der Waals surface area (Å²) >= 11 is 0. The van der Waals surface area contributed by atoms with Gasteiger partial charge in [0.2, 0.25) is 11.8 Å². The minimum atomic E-state index is -1.81. The standard InChI is InChI=1S/C24H29BN2O6/c1-15(2)22(23(28)26-13-16-7-6-8-18(11-16)32-3)24(29)27-21(25(30)31)12-17-14-33-20-10-5-4-9-19(17)20/h4-11,14-15,21-22,30-31H,12-13H2,1-3H3,(H,26,28)(H,27,29). The number of benzene rings is 2. The lowest BCUT2D eigenvalue weighted by molar-refractivity contribution is -0.137. The van der Waals surface area contributed by atoms with E-state index in [-0.39, 0.29) is 18.9 Å². The van der Waals surface area contributed by atoms with Crippen LogP contribution in [0.15, 0.2) is 59.2 Å². The SMILES string of the molecule is COc1cccc(CNC(=O)C(C(=O)NC(Cc2coc3ccccc23)B(O)O)C(C)C)c1. The monoisotopic (exact) mass is 452 g/mol.